The SMILES string of the molecule is COc1cccc(CN2CCC3(CCc4nnc(C(=O)NCCC(C)C)n4C3)CC2)c1. The van der Waals surface area contributed by atoms with Gasteiger partial charge in [-0.25, -0.2) is 0 Å². The van der Waals surface area contributed by atoms with Crippen molar-refractivity contribution in [2.45, 2.75) is 59.0 Å². The Kier molecular flexibility index (Phi) is 6.60. The summed E-state index contributed by atoms with van der Waals surface area (Å²) in [6.07, 6.45) is 5.29. The number of fused-ring (bicyclic) bond motifs is 1. The molecule has 31 heavy (non-hydrogen) atoms. The number of likely N-dealkylation sites (tertiary alicyclic amines) is 1. The van der Waals surface area contributed by atoms with Crippen molar-refractivity contribution in [3.63, 3.8) is 0 Å². The normalized spacial score (nSPS) is 18.2. The van der Waals surface area contributed by atoms with Gasteiger partial charge in [0.15, 0.2) is 0 Å². The first kappa shape index (κ1) is 21.8. The molecule has 0 atom stereocenters. The fourth-order valence-corrected chi connectivity index (χ4v) is 4.82. The molecule has 1 N–H and O–H groups in total. The van der Waals surface area contributed by atoms with Crippen LogP contribution in [0.15, 0.2) is 24.3 Å². The van der Waals surface area contributed by atoms with Gasteiger partial charge < -0.3 is 14.6 Å². The number of aryl methyl sites for hydroxylation is 1. The monoisotopic (exact) mass is 425 g/mol. The van der Waals surface area contributed by atoms with Crippen molar-refractivity contribution >= 4 is 5.91 Å². The molecule has 1 spiro atoms. The first-order valence-electron chi connectivity index (χ1n) is 11.5. The van der Waals surface area contributed by atoms with E-state index in [0.29, 0.717) is 18.3 Å². The second-order valence-corrected chi connectivity index (χ2v) is 9.59. The summed E-state index contributed by atoms with van der Waals surface area (Å²) in [6.45, 7) is 8.97. The van der Waals surface area contributed by atoms with Crippen LogP contribution in [0.25, 0.3) is 0 Å². The van der Waals surface area contributed by atoms with E-state index in [1.165, 1.54) is 5.56 Å². The molecule has 0 saturated carbocycles. The molecule has 3 heterocycles. The Labute approximate surface area is 185 Å². The van der Waals surface area contributed by atoms with Gasteiger partial charge in [-0.3, -0.25) is 9.69 Å². The molecule has 2 aromatic rings. The molecule has 1 aromatic heterocycles. The number of carbonyl (C=O) groups is 1. The average Bonchev–Trinajstić information content (AvgIpc) is 3.18. The topological polar surface area (TPSA) is 72.3 Å². The average molecular weight is 426 g/mol. The van der Waals surface area contributed by atoms with E-state index >= 15 is 0 Å². The summed E-state index contributed by atoms with van der Waals surface area (Å²) in [4.78, 5) is 15.2. The van der Waals surface area contributed by atoms with Gasteiger partial charge in [0.05, 0.1) is 7.11 Å². The highest BCUT2D eigenvalue weighted by atomic mass is 16.5. The van der Waals surface area contributed by atoms with Crippen LogP contribution in [0.2, 0.25) is 0 Å². The number of hydrogen-bond donors (Lipinski definition) is 1. The fourth-order valence-electron chi connectivity index (χ4n) is 4.82. The molecule has 1 amide bonds. The minimum absolute atomic E-state index is 0.0908. The maximum absolute atomic E-state index is 12.7. The van der Waals surface area contributed by atoms with Crippen molar-refractivity contribution in [2.75, 3.05) is 26.7 Å². The van der Waals surface area contributed by atoms with Crippen LogP contribution in [0.4, 0.5) is 0 Å². The van der Waals surface area contributed by atoms with Crippen molar-refractivity contribution in [2.24, 2.45) is 11.3 Å². The van der Waals surface area contributed by atoms with E-state index in [-0.39, 0.29) is 11.3 Å². The Morgan fingerprint density at radius 3 is 2.77 bits per heavy atom. The third kappa shape index (κ3) is 5.09. The summed E-state index contributed by atoms with van der Waals surface area (Å²) >= 11 is 0. The second-order valence-electron chi connectivity index (χ2n) is 9.59. The number of nitrogens with one attached hydrogen (secondary N) is 1. The lowest BCUT2D eigenvalue weighted by atomic mass is 9.73. The van der Waals surface area contributed by atoms with Gasteiger partial charge in [-0.15, -0.1) is 10.2 Å². The Morgan fingerprint density at radius 2 is 2.03 bits per heavy atom. The predicted octanol–water partition coefficient (Wildman–Crippen LogP) is 3.29. The van der Waals surface area contributed by atoms with Gasteiger partial charge in [0.25, 0.3) is 5.91 Å². The van der Waals surface area contributed by atoms with E-state index in [1.807, 2.05) is 6.07 Å². The van der Waals surface area contributed by atoms with Crippen molar-refractivity contribution in [3.05, 3.63) is 41.5 Å². The number of piperidine rings is 1. The van der Waals surface area contributed by atoms with Gasteiger partial charge >= 0.3 is 0 Å². The zero-order chi connectivity index (χ0) is 21.8. The Morgan fingerprint density at radius 1 is 1.23 bits per heavy atom. The number of hydrogen-bond acceptors (Lipinski definition) is 5. The minimum atomic E-state index is -0.0908. The summed E-state index contributed by atoms with van der Waals surface area (Å²) in [5, 5.41) is 11.6. The number of nitrogens with zero attached hydrogens (tertiary/aromatic N) is 4. The maximum Gasteiger partial charge on any atom is 0.289 e. The van der Waals surface area contributed by atoms with Gasteiger partial charge in [0, 0.05) is 26.1 Å². The molecular formula is C24H35N5O2. The quantitative estimate of drug-likeness (QED) is 0.737. The highest BCUT2D eigenvalue weighted by Crippen LogP contribution is 2.41. The molecule has 1 aromatic carbocycles. The molecule has 2 aliphatic heterocycles. The summed E-state index contributed by atoms with van der Waals surface area (Å²) < 4.78 is 7.45. The van der Waals surface area contributed by atoms with Crippen LogP contribution in [0.1, 0.15) is 61.5 Å². The van der Waals surface area contributed by atoms with E-state index in [4.69, 9.17) is 4.74 Å². The zero-order valence-electron chi connectivity index (χ0n) is 19.1. The molecule has 0 aliphatic carbocycles. The van der Waals surface area contributed by atoms with Crippen molar-refractivity contribution in [3.8, 4) is 5.75 Å². The third-order valence-electron chi connectivity index (χ3n) is 6.87. The number of benzene rings is 1. The molecule has 2 aliphatic rings. The van der Waals surface area contributed by atoms with E-state index in [0.717, 1.165) is 69.9 Å². The Balaban J connectivity index is 1.36. The molecule has 1 saturated heterocycles. The molecular weight excluding hydrogens is 390 g/mol. The van der Waals surface area contributed by atoms with Gasteiger partial charge in [-0.2, -0.15) is 0 Å². The molecule has 168 valence electrons. The van der Waals surface area contributed by atoms with Gasteiger partial charge in [-0.05, 0) is 67.8 Å². The summed E-state index contributed by atoms with van der Waals surface area (Å²) in [7, 11) is 1.71. The summed E-state index contributed by atoms with van der Waals surface area (Å²) in [5.41, 5.74) is 1.54. The predicted molar refractivity (Wildman–Crippen MR) is 120 cm³/mol. The van der Waals surface area contributed by atoms with Crippen LogP contribution in [0, 0.1) is 11.3 Å². The Hall–Kier alpha value is -2.41. The molecule has 1 fully saturated rings. The van der Waals surface area contributed by atoms with Gasteiger partial charge in [0.1, 0.15) is 11.6 Å². The van der Waals surface area contributed by atoms with Crippen LogP contribution < -0.4 is 10.1 Å². The first-order valence-corrected chi connectivity index (χ1v) is 11.5. The smallest absolute Gasteiger partial charge is 0.289 e. The van der Waals surface area contributed by atoms with Gasteiger partial charge in [-0.1, -0.05) is 26.0 Å². The highest BCUT2D eigenvalue weighted by molar-refractivity contribution is 5.90. The summed E-state index contributed by atoms with van der Waals surface area (Å²) in [6, 6.07) is 8.34. The number of aromatic nitrogens is 3. The third-order valence-corrected chi connectivity index (χ3v) is 6.87. The lowest BCUT2D eigenvalue weighted by Gasteiger charge is -2.44. The first-order chi connectivity index (χ1) is 15.0. The maximum atomic E-state index is 12.7. The summed E-state index contributed by atoms with van der Waals surface area (Å²) in [5.74, 6) is 2.83. The fraction of sp³-hybridized carbons (Fsp3) is 0.625. The van der Waals surface area contributed by atoms with E-state index in [2.05, 4.69) is 57.0 Å². The standard InChI is InChI=1S/C24H35N5O2/c1-18(2)8-12-25-23(30)22-27-26-21-7-9-24(17-29(21)22)10-13-28(14-11-24)16-19-5-4-6-20(15-19)31-3/h4-6,15,18H,7-14,16-17H2,1-3H3,(H,25,30). The van der Waals surface area contributed by atoms with Crippen LogP contribution in [-0.2, 0) is 19.5 Å². The second kappa shape index (κ2) is 9.39. The highest BCUT2D eigenvalue weighted by Gasteiger charge is 2.39. The van der Waals surface area contributed by atoms with E-state index in [9.17, 15) is 4.79 Å². The molecule has 7 heteroatoms. The Bertz CT molecular complexity index is 899. The molecule has 4 rings (SSSR count). The van der Waals surface area contributed by atoms with Gasteiger partial charge in [0.2, 0.25) is 5.82 Å². The lowest BCUT2D eigenvalue weighted by molar-refractivity contribution is 0.0618. The lowest BCUT2D eigenvalue weighted by Crippen LogP contribution is -2.44. The number of carbonyl (C=O) groups excluding carboxylic acids is 1. The largest absolute Gasteiger partial charge is 0.497 e. The van der Waals surface area contributed by atoms with Crippen molar-refractivity contribution in [1.29, 1.82) is 0 Å². The number of amides is 1. The van der Waals surface area contributed by atoms with Crippen LogP contribution >= 0.6 is 0 Å². The zero-order valence-corrected chi connectivity index (χ0v) is 19.1. The molecule has 0 unspecified atom stereocenters. The number of rotatable bonds is 7. The van der Waals surface area contributed by atoms with Crippen LogP contribution in [0.5, 0.6) is 5.75 Å². The molecule has 0 bridgehead atoms. The van der Waals surface area contributed by atoms with Crippen LogP contribution in [0.3, 0.4) is 0 Å². The van der Waals surface area contributed by atoms with E-state index in [1.54, 1.807) is 7.11 Å². The van der Waals surface area contributed by atoms with Crippen molar-refractivity contribution in [1.82, 2.24) is 25.0 Å². The number of ether oxygens (including phenoxy) is 1. The van der Waals surface area contributed by atoms with Crippen LogP contribution in [-0.4, -0.2) is 52.3 Å². The molecule has 7 nitrogen and oxygen atoms in total. The minimum Gasteiger partial charge on any atom is -0.497 e. The van der Waals surface area contributed by atoms with Crippen molar-refractivity contribution < 1.29 is 9.53 Å². The molecule has 0 radical (unpaired) electrons. The number of methoxy groups -OCH3 is 1. The van der Waals surface area contributed by atoms with E-state index < -0.39 is 0 Å².